The third-order valence-corrected chi connectivity index (χ3v) is 7.32. The topological polar surface area (TPSA) is 51.4 Å². The number of fused-ring (bicyclic) bond motifs is 1. The molecule has 19 heavy (non-hydrogen) atoms. The molecule has 1 fully saturated rings. The summed E-state index contributed by atoms with van der Waals surface area (Å²) in [6, 6.07) is 5.87. The molecule has 1 saturated heterocycles. The molecule has 0 radical (unpaired) electrons. The first-order valence-corrected chi connectivity index (χ1v) is 9.65. The number of hydrogen-bond donors (Lipinski definition) is 0. The third-order valence-electron chi connectivity index (χ3n) is 3.18. The molecule has 3 heterocycles. The molecule has 0 saturated carbocycles. The number of sulfone groups is 1. The number of rotatable bonds is 3. The van der Waals surface area contributed by atoms with Gasteiger partial charge in [-0.25, -0.2) is 13.4 Å². The summed E-state index contributed by atoms with van der Waals surface area (Å²) in [7, 11) is -2.79. The number of nitrogens with zero attached hydrogens (tertiary/aromatic N) is 2. The van der Waals surface area contributed by atoms with Crippen LogP contribution in [0.1, 0.15) is 12.1 Å². The minimum absolute atomic E-state index is 0.210. The lowest BCUT2D eigenvalue weighted by molar-refractivity contribution is 0.602. The Hall–Kier alpha value is -0.530. The van der Waals surface area contributed by atoms with Crippen molar-refractivity contribution in [1.29, 1.82) is 0 Å². The smallest absolute Gasteiger partial charge is 0.151 e. The van der Waals surface area contributed by atoms with E-state index in [1.807, 2.05) is 28.8 Å². The van der Waals surface area contributed by atoms with Crippen LogP contribution in [-0.2, 0) is 15.6 Å². The van der Waals surface area contributed by atoms with Gasteiger partial charge in [-0.15, -0.1) is 0 Å². The Morgan fingerprint density at radius 1 is 1.47 bits per heavy atom. The highest BCUT2D eigenvalue weighted by molar-refractivity contribution is 9.10. The fraction of sp³-hybridized carbons (Fsp3) is 0.417. The predicted molar refractivity (Wildman–Crippen MR) is 81.2 cm³/mol. The molecule has 3 rings (SSSR count). The third kappa shape index (κ3) is 2.83. The molecule has 0 aromatic carbocycles. The number of thioether (sulfide) groups is 1. The van der Waals surface area contributed by atoms with Crippen molar-refractivity contribution in [3.8, 4) is 0 Å². The maximum absolute atomic E-state index is 11.4. The van der Waals surface area contributed by atoms with E-state index in [1.54, 1.807) is 11.8 Å². The van der Waals surface area contributed by atoms with Gasteiger partial charge in [-0.05, 0) is 34.5 Å². The largest absolute Gasteiger partial charge is 0.294 e. The highest BCUT2D eigenvalue weighted by Crippen LogP contribution is 2.29. The zero-order chi connectivity index (χ0) is 13.5. The summed E-state index contributed by atoms with van der Waals surface area (Å²) in [5, 5.41) is 0.210. The molecule has 0 bridgehead atoms. The standard InChI is InChI=1S/C12H13BrN2O2S2/c13-12-10(14-11-3-1-2-5-15(11)12)7-18-9-4-6-19(16,17)8-9/h1-3,5,9H,4,6-8H2. The van der Waals surface area contributed by atoms with Crippen molar-refractivity contribution in [2.75, 3.05) is 11.5 Å². The lowest BCUT2D eigenvalue weighted by Crippen LogP contribution is -2.06. The zero-order valence-corrected chi connectivity index (χ0v) is 13.3. The van der Waals surface area contributed by atoms with Crippen LogP contribution in [-0.4, -0.2) is 34.6 Å². The first kappa shape index (κ1) is 13.5. The average molecular weight is 361 g/mol. The van der Waals surface area contributed by atoms with Crippen LogP contribution in [0.2, 0.25) is 0 Å². The second-order valence-electron chi connectivity index (χ2n) is 4.61. The van der Waals surface area contributed by atoms with Gasteiger partial charge in [-0.1, -0.05) is 6.07 Å². The Morgan fingerprint density at radius 2 is 2.32 bits per heavy atom. The predicted octanol–water partition coefficient (Wildman–Crippen LogP) is 2.52. The van der Waals surface area contributed by atoms with Gasteiger partial charge in [0.15, 0.2) is 9.84 Å². The van der Waals surface area contributed by atoms with Crippen LogP contribution in [0.5, 0.6) is 0 Å². The van der Waals surface area contributed by atoms with Crippen molar-refractivity contribution in [3.05, 3.63) is 34.7 Å². The van der Waals surface area contributed by atoms with Crippen molar-refractivity contribution in [3.63, 3.8) is 0 Å². The van der Waals surface area contributed by atoms with Gasteiger partial charge in [-0.3, -0.25) is 4.40 Å². The summed E-state index contributed by atoms with van der Waals surface area (Å²) in [5.41, 5.74) is 1.88. The van der Waals surface area contributed by atoms with Crippen LogP contribution in [0.25, 0.3) is 5.65 Å². The molecular formula is C12H13BrN2O2S2. The van der Waals surface area contributed by atoms with E-state index in [0.717, 1.165) is 28.1 Å². The Balaban J connectivity index is 1.74. The van der Waals surface area contributed by atoms with E-state index in [9.17, 15) is 8.42 Å². The summed E-state index contributed by atoms with van der Waals surface area (Å²) in [5.74, 6) is 1.38. The van der Waals surface area contributed by atoms with Gasteiger partial charge in [0.1, 0.15) is 10.3 Å². The maximum atomic E-state index is 11.4. The van der Waals surface area contributed by atoms with E-state index in [2.05, 4.69) is 20.9 Å². The SMILES string of the molecule is O=S1(=O)CCC(SCc2nc3ccccn3c2Br)C1. The fourth-order valence-corrected chi connectivity index (χ4v) is 6.49. The van der Waals surface area contributed by atoms with Crippen molar-refractivity contribution in [2.45, 2.75) is 17.4 Å². The number of pyridine rings is 1. The first-order valence-electron chi connectivity index (χ1n) is 5.99. The molecule has 1 unspecified atom stereocenters. The molecule has 1 aliphatic rings. The van der Waals surface area contributed by atoms with E-state index >= 15 is 0 Å². The quantitative estimate of drug-likeness (QED) is 0.843. The van der Waals surface area contributed by atoms with Crippen molar-refractivity contribution < 1.29 is 8.42 Å². The molecular weight excluding hydrogens is 348 g/mol. The Labute approximate surface area is 124 Å². The zero-order valence-electron chi connectivity index (χ0n) is 10.1. The monoisotopic (exact) mass is 360 g/mol. The fourth-order valence-electron chi connectivity index (χ4n) is 2.20. The van der Waals surface area contributed by atoms with Gasteiger partial charge in [0.2, 0.25) is 0 Å². The van der Waals surface area contributed by atoms with Crippen molar-refractivity contribution in [1.82, 2.24) is 9.38 Å². The van der Waals surface area contributed by atoms with E-state index in [0.29, 0.717) is 11.5 Å². The lowest BCUT2D eigenvalue weighted by Gasteiger charge is -2.05. The van der Waals surface area contributed by atoms with E-state index in [1.165, 1.54) is 0 Å². The molecule has 7 heteroatoms. The number of halogens is 1. The van der Waals surface area contributed by atoms with Crippen molar-refractivity contribution in [2.24, 2.45) is 0 Å². The number of aromatic nitrogens is 2. The first-order chi connectivity index (χ1) is 9.05. The number of hydrogen-bond acceptors (Lipinski definition) is 4. The molecule has 2 aromatic heterocycles. The van der Waals surface area contributed by atoms with Crippen LogP contribution in [0.15, 0.2) is 29.0 Å². The summed E-state index contributed by atoms with van der Waals surface area (Å²) in [6.45, 7) is 0. The Bertz CT molecular complexity index is 712. The van der Waals surface area contributed by atoms with Gasteiger partial charge >= 0.3 is 0 Å². The van der Waals surface area contributed by atoms with Gasteiger partial charge < -0.3 is 0 Å². The van der Waals surface area contributed by atoms with Gasteiger partial charge in [-0.2, -0.15) is 11.8 Å². The Morgan fingerprint density at radius 3 is 3.00 bits per heavy atom. The molecule has 4 nitrogen and oxygen atoms in total. The maximum Gasteiger partial charge on any atom is 0.151 e. The second-order valence-corrected chi connectivity index (χ2v) is 8.88. The normalized spacial score (nSPS) is 22.1. The van der Waals surface area contributed by atoms with Crippen LogP contribution < -0.4 is 0 Å². The van der Waals surface area contributed by atoms with E-state index in [4.69, 9.17) is 0 Å². The molecule has 2 aromatic rings. The van der Waals surface area contributed by atoms with Crippen LogP contribution in [0.3, 0.4) is 0 Å². The van der Waals surface area contributed by atoms with Gasteiger partial charge in [0, 0.05) is 17.2 Å². The molecule has 0 amide bonds. The summed E-state index contributed by atoms with van der Waals surface area (Å²) < 4.78 is 25.8. The minimum Gasteiger partial charge on any atom is -0.294 e. The summed E-state index contributed by atoms with van der Waals surface area (Å²) in [6.07, 6.45) is 2.72. The lowest BCUT2D eigenvalue weighted by atomic mass is 10.4. The Kier molecular flexibility index (Phi) is 3.61. The van der Waals surface area contributed by atoms with Crippen molar-refractivity contribution >= 4 is 43.2 Å². The summed E-state index contributed by atoms with van der Waals surface area (Å²) in [4.78, 5) is 4.56. The molecule has 102 valence electrons. The summed E-state index contributed by atoms with van der Waals surface area (Å²) >= 11 is 5.24. The molecule has 1 atom stereocenters. The van der Waals surface area contributed by atoms with Crippen LogP contribution in [0.4, 0.5) is 0 Å². The minimum atomic E-state index is -2.79. The van der Waals surface area contributed by atoms with Gasteiger partial charge in [0.25, 0.3) is 0 Å². The van der Waals surface area contributed by atoms with E-state index < -0.39 is 9.84 Å². The average Bonchev–Trinajstić information content (AvgIpc) is 2.88. The molecule has 1 aliphatic heterocycles. The van der Waals surface area contributed by atoms with Crippen LogP contribution in [0, 0.1) is 0 Å². The number of imidazole rings is 1. The van der Waals surface area contributed by atoms with Gasteiger partial charge in [0.05, 0.1) is 17.2 Å². The molecule has 0 aliphatic carbocycles. The van der Waals surface area contributed by atoms with Crippen LogP contribution >= 0.6 is 27.7 Å². The molecule has 0 N–H and O–H groups in total. The highest BCUT2D eigenvalue weighted by atomic mass is 79.9. The second kappa shape index (κ2) is 5.10. The highest BCUT2D eigenvalue weighted by Gasteiger charge is 2.28. The van der Waals surface area contributed by atoms with E-state index in [-0.39, 0.29) is 5.25 Å². The molecule has 0 spiro atoms.